The largest absolute Gasteiger partial charge is 0.348 e. The van der Waals surface area contributed by atoms with Crippen molar-refractivity contribution in [2.45, 2.75) is 45.7 Å². The lowest BCUT2D eigenvalue weighted by Gasteiger charge is -2.23. The molecule has 29 heavy (non-hydrogen) atoms. The van der Waals surface area contributed by atoms with Gasteiger partial charge in [0.1, 0.15) is 5.82 Å². The van der Waals surface area contributed by atoms with Gasteiger partial charge in [0.15, 0.2) is 0 Å². The second-order valence-corrected chi connectivity index (χ2v) is 10.3. The minimum Gasteiger partial charge on any atom is -0.348 e. The predicted octanol–water partition coefficient (Wildman–Crippen LogP) is 3.76. The van der Waals surface area contributed by atoms with Gasteiger partial charge in [0.25, 0.3) is 0 Å². The van der Waals surface area contributed by atoms with Gasteiger partial charge in [-0.2, -0.15) is 4.31 Å². The third-order valence-electron chi connectivity index (χ3n) is 4.75. The van der Waals surface area contributed by atoms with Crippen molar-refractivity contribution in [2.24, 2.45) is 0 Å². The normalized spacial score (nSPS) is 13.3. The van der Waals surface area contributed by atoms with Crippen LogP contribution in [0.1, 0.15) is 50.4 Å². The Morgan fingerprint density at radius 1 is 1.10 bits per heavy atom. The molecule has 0 radical (unpaired) electrons. The van der Waals surface area contributed by atoms with Crippen LogP contribution in [-0.2, 0) is 26.8 Å². The lowest BCUT2D eigenvalue weighted by Crippen LogP contribution is -2.40. The van der Waals surface area contributed by atoms with Crippen molar-refractivity contribution in [2.75, 3.05) is 12.8 Å². The highest BCUT2D eigenvalue weighted by Gasteiger charge is 2.23. The summed E-state index contributed by atoms with van der Waals surface area (Å²) >= 11 is 0. The molecule has 2 aromatic carbocycles. The molecule has 0 spiro atoms. The Morgan fingerprint density at radius 2 is 1.69 bits per heavy atom. The number of carbonyl (C=O) groups excluding carboxylic acids is 1. The van der Waals surface area contributed by atoms with Gasteiger partial charge in [0, 0.05) is 12.1 Å². The molecule has 5 nitrogen and oxygen atoms in total. The smallest absolute Gasteiger partial charge is 0.235 e. The first kappa shape index (κ1) is 23.0. The maximum Gasteiger partial charge on any atom is 0.235 e. The van der Waals surface area contributed by atoms with Crippen LogP contribution < -0.4 is 5.32 Å². The molecule has 7 heteroatoms. The lowest BCUT2D eigenvalue weighted by atomic mass is 9.86. The van der Waals surface area contributed by atoms with E-state index in [-0.39, 0.29) is 30.1 Å². The number of hydrogen-bond acceptors (Lipinski definition) is 3. The average Bonchev–Trinajstić information content (AvgIpc) is 2.61. The summed E-state index contributed by atoms with van der Waals surface area (Å²) in [6.07, 6.45) is 1.01. The molecule has 0 fully saturated rings. The molecule has 0 bridgehead atoms. The third kappa shape index (κ3) is 6.65. The van der Waals surface area contributed by atoms with Crippen molar-refractivity contribution in [3.63, 3.8) is 0 Å². The molecule has 0 saturated heterocycles. The summed E-state index contributed by atoms with van der Waals surface area (Å²) < 4.78 is 39.1. The monoisotopic (exact) mass is 420 g/mol. The molecule has 2 aromatic rings. The molecule has 1 atom stereocenters. The van der Waals surface area contributed by atoms with E-state index in [0.29, 0.717) is 0 Å². The van der Waals surface area contributed by atoms with E-state index in [2.05, 4.69) is 26.1 Å². The quantitative estimate of drug-likeness (QED) is 0.742. The number of carbonyl (C=O) groups is 1. The van der Waals surface area contributed by atoms with E-state index in [1.165, 1.54) is 23.8 Å². The third-order valence-corrected chi connectivity index (χ3v) is 5.94. The Labute approximate surface area is 173 Å². The molecule has 0 aliphatic carbocycles. The van der Waals surface area contributed by atoms with Crippen LogP contribution >= 0.6 is 0 Å². The number of nitrogens with one attached hydrogen (secondary N) is 1. The Morgan fingerprint density at radius 3 is 2.21 bits per heavy atom. The zero-order valence-corrected chi connectivity index (χ0v) is 18.4. The molecule has 0 unspecified atom stereocenters. The zero-order chi connectivity index (χ0) is 21.8. The van der Waals surface area contributed by atoms with Crippen molar-refractivity contribution in [1.29, 1.82) is 0 Å². The SMILES string of the molecule is C[C@@H](NC(=O)CN(Cc1ccccc1F)S(C)(=O)=O)c1ccc(C(C)(C)C)cc1. The fourth-order valence-corrected chi connectivity index (χ4v) is 3.63. The van der Waals surface area contributed by atoms with Crippen LogP contribution in [0.2, 0.25) is 0 Å². The predicted molar refractivity (Wildman–Crippen MR) is 113 cm³/mol. The van der Waals surface area contributed by atoms with Gasteiger partial charge in [0.2, 0.25) is 15.9 Å². The van der Waals surface area contributed by atoms with E-state index in [0.717, 1.165) is 16.1 Å². The minimum atomic E-state index is -3.69. The number of sulfonamides is 1. The minimum absolute atomic E-state index is 0.0354. The van der Waals surface area contributed by atoms with E-state index < -0.39 is 21.7 Å². The van der Waals surface area contributed by atoms with Crippen molar-refractivity contribution < 1.29 is 17.6 Å². The van der Waals surface area contributed by atoms with Gasteiger partial charge in [-0.1, -0.05) is 63.2 Å². The van der Waals surface area contributed by atoms with Crippen LogP contribution in [0.15, 0.2) is 48.5 Å². The fourth-order valence-electron chi connectivity index (χ4n) is 2.91. The van der Waals surface area contributed by atoms with Crippen LogP contribution in [0.4, 0.5) is 4.39 Å². The van der Waals surface area contributed by atoms with Crippen LogP contribution in [0, 0.1) is 5.82 Å². The van der Waals surface area contributed by atoms with Gasteiger partial charge in [-0.3, -0.25) is 4.79 Å². The van der Waals surface area contributed by atoms with Crippen LogP contribution in [0.3, 0.4) is 0 Å². The van der Waals surface area contributed by atoms with Crippen molar-refractivity contribution >= 4 is 15.9 Å². The Kier molecular flexibility index (Phi) is 7.19. The summed E-state index contributed by atoms with van der Waals surface area (Å²) in [6, 6.07) is 13.6. The first-order valence-electron chi connectivity index (χ1n) is 9.46. The van der Waals surface area contributed by atoms with Crippen molar-refractivity contribution in [3.05, 3.63) is 71.0 Å². The Bertz CT molecular complexity index is 951. The molecular formula is C22H29FN2O3S. The van der Waals surface area contributed by atoms with Crippen LogP contribution in [0.5, 0.6) is 0 Å². The highest BCUT2D eigenvalue weighted by atomic mass is 32.2. The highest BCUT2D eigenvalue weighted by Crippen LogP contribution is 2.24. The number of halogens is 1. The lowest BCUT2D eigenvalue weighted by molar-refractivity contribution is -0.122. The molecule has 1 N–H and O–H groups in total. The molecule has 158 valence electrons. The summed E-state index contributed by atoms with van der Waals surface area (Å²) in [5, 5.41) is 2.82. The zero-order valence-electron chi connectivity index (χ0n) is 17.6. The molecule has 0 aliphatic heterocycles. The van der Waals surface area contributed by atoms with E-state index in [1.54, 1.807) is 6.07 Å². The Balaban J connectivity index is 2.07. The second-order valence-electron chi connectivity index (χ2n) is 8.28. The molecule has 0 saturated carbocycles. The molecule has 1 amide bonds. The summed E-state index contributed by atoms with van der Waals surface area (Å²) in [5.74, 6) is -0.951. The molecule has 0 heterocycles. The highest BCUT2D eigenvalue weighted by molar-refractivity contribution is 7.88. The average molecular weight is 421 g/mol. The fraction of sp³-hybridized carbons (Fsp3) is 0.409. The van der Waals surface area contributed by atoms with Gasteiger partial charge >= 0.3 is 0 Å². The topological polar surface area (TPSA) is 66.5 Å². The number of hydrogen-bond donors (Lipinski definition) is 1. The number of rotatable bonds is 7. The van der Waals surface area contributed by atoms with E-state index in [9.17, 15) is 17.6 Å². The number of benzene rings is 2. The Hall–Kier alpha value is -2.25. The summed E-state index contributed by atoms with van der Waals surface area (Å²) in [6.45, 7) is 7.64. The number of nitrogens with zero attached hydrogens (tertiary/aromatic N) is 1. The molecule has 0 aromatic heterocycles. The van der Waals surface area contributed by atoms with Crippen LogP contribution in [0.25, 0.3) is 0 Å². The molecular weight excluding hydrogens is 391 g/mol. The molecule has 2 rings (SSSR count). The van der Waals surface area contributed by atoms with Gasteiger partial charge in [-0.05, 0) is 29.5 Å². The molecule has 0 aliphatic rings. The van der Waals surface area contributed by atoms with E-state index in [4.69, 9.17) is 0 Å². The first-order chi connectivity index (χ1) is 13.4. The summed E-state index contributed by atoms with van der Waals surface area (Å²) in [4.78, 5) is 12.5. The van der Waals surface area contributed by atoms with E-state index >= 15 is 0 Å². The summed E-state index contributed by atoms with van der Waals surface area (Å²) in [5.41, 5.74) is 2.36. The maximum absolute atomic E-state index is 13.9. The van der Waals surface area contributed by atoms with Gasteiger partial charge in [-0.25, -0.2) is 12.8 Å². The van der Waals surface area contributed by atoms with Crippen molar-refractivity contribution in [1.82, 2.24) is 9.62 Å². The van der Waals surface area contributed by atoms with Gasteiger partial charge < -0.3 is 5.32 Å². The van der Waals surface area contributed by atoms with Crippen LogP contribution in [-0.4, -0.2) is 31.4 Å². The van der Waals surface area contributed by atoms with Crippen molar-refractivity contribution in [3.8, 4) is 0 Å². The second kappa shape index (κ2) is 9.05. The first-order valence-corrected chi connectivity index (χ1v) is 11.3. The summed E-state index contributed by atoms with van der Waals surface area (Å²) in [7, 11) is -3.69. The number of amides is 1. The van der Waals surface area contributed by atoms with E-state index in [1.807, 2.05) is 31.2 Å². The maximum atomic E-state index is 13.9. The standard InChI is InChI=1S/C22H29FN2O3S/c1-16(17-10-12-19(13-11-17)22(2,3)4)24-21(26)15-25(29(5,27)28)14-18-8-6-7-9-20(18)23/h6-13,16H,14-15H2,1-5H3,(H,24,26)/t16-/m1/s1. The van der Waals surface area contributed by atoms with Gasteiger partial charge in [0.05, 0.1) is 18.8 Å². The van der Waals surface area contributed by atoms with Gasteiger partial charge in [-0.15, -0.1) is 0 Å².